The SMILES string of the molecule is CC(C)CN(CC(=O)NCC(=O)O)CC(O)c1ccc(F)cc1. The Morgan fingerprint density at radius 2 is 1.83 bits per heavy atom. The van der Waals surface area contributed by atoms with E-state index in [1.165, 1.54) is 24.3 Å². The molecule has 1 amide bonds. The van der Waals surface area contributed by atoms with Crippen molar-refractivity contribution in [3.05, 3.63) is 35.6 Å². The molecular weight excluding hydrogens is 303 g/mol. The Bertz CT molecular complexity index is 519. The molecule has 0 aliphatic heterocycles. The van der Waals surface area contributed by atoms with Crippen molar-refractivity contribution in [2.75, 3.05) is 26.2 Å². The maximum absolute atomic E-state index is 12.9. The van der Waals surface area contributed by atoms with E-state index in [-0.39, 0.29) is 24.8 Å². The first-order chi connectivity index (χ1) is 10.8. The third-order valence-corrected chi connectivity index (χ3v) is 3.11. The smallest absolute Gasteiger partial charge is 0.322 e. The number of hydrogen-bond donors (Lipinski definition) is 3. The van der Waals surface area contributed by atoms with Gasteiger partial charge >= 0.3 is 5.97 Å². The third-order valence-electron chi connectivity index (χ3n) is 3.11. The third kappa shape index (κ3) is 7.71. The molecule has 128 valence electrons. The van der Waals surface area contributed by atoms with E-state index in [4.69, 9.17) is 5.11 Å². The summed E-state index contributed by atoms with van der Waals surface area (Å²) in [7, 11) is 0. The van der Waals surface area contributed by atoms with Gasteiger partial charge in [0.05, 0.1) is 12.6 Å². The minimum atomic E-state index is -1.11. The summed E-state index contributed by atoms with van der Waals surface area (Å²) in [4.78, 5) is 24.0. The van der Waals surface area contributed by atoms with E-state index < -0.39 is 24.5 Å². The standard InChI is InChI=1S/C16H23FN2O4/c1-11(2)8-19(10-15(21)18-7-16(22)23)9-14(20)12-3-5-13(17)6-4-12/h3-6,11,14,20H,7-10H2,1-2H3,(H,18,21)(H,22,23). The van der Waals surface area contributed by atoms with Crippen molar-refractivity contribution in [1.29, 1.82) is 0 Å². The van der Waals surface area contributed by atoms with Crippen molar-refractivity contribution in [3.8, 4) is 0 Å². The summed E-state index contributed by atoms with van der Waals surface area (Å²) < 4.78 is 12.9. The van der Waals surface area contributed by atoms with Crippen LogP contribution in [0.1, 0.15) is 25.5 Å². The zero-order chi connectivity index (χ0) is 17.4. The predicted molar refractivity (Wildman–Crippen MR) is 83.3 cm³/mol. The second-order valence-corrected chi connectivity index (χ2v) is 5.83. The van der Waals surface area contributed by atoms with Crippen LogP contribution >= 0.6 is 0 Å². The lowest BCUT2D eigenvalue weighted by atomic mass is 10.1. The molecule has 1 aromatic rings. The molecule has 1 unspecified atom stereocenters. The van der Waals surface area contributed by atoms with Gasteiger partial charge in [0.2, 0.25) is 5.91 Å². The van der Waals surface area contributed by atoms with Crippen LogP contribution in [0.15, 0.2) is 24.3 Å². The molecule has 1 atom stereocenters. The summed E-state index contributed by atoms with van der Waals surface area (Å²) in [5.41, 5.74) is 0.561. The van der Waals surface area contributed by atoms with Crippen LogP contribution in [0.4, 0.5) is 4.39 Å². The van der Waals surface area contributed by atoms with Gasteiger partial charge in [-0.25, -0.2) is 4.39 Å². The molecule has 0 saturated heterocycles. The van der Waals surface area contributed by atoms with E-state index in [9.17, 15) is 19.1 Å². The van der Waals surface area contributed by atoms with Gasteiger partial charge in [-0.2, -0.15) is 0 Å². The van der Waals surface area contributed by atoms with Gasteiger partial charge in [0.25, 0.3) is 0 Å². The number of amides is 1. The molecule has 0 aliphatic rings. The number of carbonyl (C=O) groups excluding carboxylic acids is 1. The lowest BCUT2D eigenvalue weighted by Gasteiger charge is -2.26. The maximum atomic E-state index is 12.9. The lowest BCUT2D eigenvalue weighted by molar-refractivity contribution is -0.138. The molecule has 0 spiro atoms. The van der Waals surface area contributed by atoms with Crippen LogP contribution in [0.2, 0.25) is 0 Å². The highest BCUT2D eigenvalue weighted by atomic mass is 19.1. The summed E-state index contributed by atoms with van der Waals surface area (Å²) in [5, 5.41) is 21.1. The minimum Gasteiger partial charge on any atom is -0.480 e. The quantitative estimate of drug-likeness (QED) is 0.630. The van der Waals surface area contributed by atoms with Gasteiger partial charge in [0, 0.05) is 13.1 Å². The highest BCUT2D eigenvalue weighted by Crippen LogP contribution is 2.15. The van der Waals surface area contributed by atoms with Crippen LogP contribution < -0.4 is 5.32 Å². The highest BCUT2D eigenvalue weighted by Gasteiger charge is 2.18. The first-order valence-electron chi connectivity index (χ1n) is 7.42. The number of halogens is 1. The Morgan fingerprint density at radius 1 is 1.22 bits per heavy atom. The van der Waals surface area contributed by atoms with Crippen LogP contribution in [0.25, 0.3) is 0 Å². The fourth-order valence-corrected chi connectivity index (χ4v) is 2.19. The molecule has 23 heavy (non-hydrogen) atoms. The zero-order valence-corrected chi connectivity index (χ0v) is 13.3. The summed E-state index contributed by atoms with van der Waals surface area (Å²) in [6, 6.07) is 5.53. The number of aliphatic hydroxyl groups excluding tert-OH is 1. The molecule has 0 heterocycles. The number of benzene rings is 1. The van der Waals surface area contributed by atoms with E-state index in [1.54, 1.807) is 4.90 Å². The number of nitrogens with zero attached hydrogens (tertiary/aromatic N) is 1. The highest BCUT2D eigenvalue weighted by molar-refractivity contribution is 5.82. The summed E-state index contributed by atoms with van der Waals surface area (Å²) in [5.74, 6) is -1.64. The Morgan fingerprint density at radius 3 is 2.35 bits per heavy atom. The molecule has 1 rings (SSSR count). The number of carboxylic acids is 1. The molecule has 7 heteroatoms. The van der Waals surface area contributed by atoms with Crippen molar-refractivity contribution in [3.63, 3.8) is 0 Å². The van der Waals surface area contributed by atoms with Crippen LogP contribution in [0.3, 0.4) is 0 Å². The topological polar surface area (TPSA) is 89.9 Å². The predicted octanol–water partition coefficient (Wildman–Crippen LogP) is 1.02. The number of aliphatic hydroxyl groups is 1. The van der Waals surface area contributed by atoms with Crippen molar-refractivity contribution in [2.45, 2.75) is 20.0 Å². The second kappa shape index (κ2) is 9.22. The van der Waals surface area contributed by atoms with Gasteiger partial charge < -0.3 is 15.5 Å². The Labute approximate surface area is 134 Å². The first kappa shape index (κ1) is 19.1. The van der Waals surface area contributed by atoms with Gasteiger partial charge in [-0.1, -0.05) is 26.0 Å². The molecule has 1 aromatic carbocycles. The number of hydrogen-bond acceptors (Lipinski definition) is 4. The number of carbonyl (C=O) groups is 2. The average molecular weight is 326 g/mol. The fourth-order valence-electron chi connectivity index (χ4n) is 2.19. The molecular formula is C16H23FN2O4. The summed E-state index contributed by atoms with van der Waals surface area (Å²) >= 11 is 0. The number of nitrogens with one attached hydrogen (secondary N) is 1. The van der Waals surface area contributed by atoms with E-state index in [2.05, 4.69) is 5.32 Å². The second-order valence-electron chi connectivity index (χ2n) is 5.83. The van der Waals surface area contributed by atoms with Crippen LogP contribution in [0, 0.1) is 11.7 Å². The minimum absolute atomic E-state index is 0.0102. The number of aliphatic carboxylic acids is 1. The molecule has 0 saturated carbocycles. The van der Waals surface area contributed by atoms with Gasteiger partial charge in [-0.05, 0) is 23.6 Å². The first-order valence-corrected chi connectivity index (χ1v) is 7.42. The Hall–Kier alpha value is -1.99. The molecule has 0 aromatic heterocycles. The van der Waals surface area contributed by atoms with Crippen molar-refractivity contribution in [2.24, 2.45) is 5.92 Å². The van der Waals surface area contributed by atoms with E-state index in [0.717, 1.165) is 0 Å². The maximum Gasteiger partial charge on any atom is 0.322 e. The lowest BCUT2D eigenvalue weighted by Crippen LogP contribution is -2.42. The van der Waals surface area contributed by atoms with Crippen LogP contribution in [-0.2, 0) is 9.59 Å². The fraction of sp³-hybridized carbons (Fsp3) is 0.500. The van der Waals surface area contributed by atoms with Crippen molar-refractivity contribution in [1.82, 2.24) is 10.2 Å². The summed E-state index contributed by atoms with van der Waals surface area (Å²) in [6.45, 7) is 4.28. The molecule has 3 N–H and O–H groups in total. The normalized spacial score (nSPS) is 12.4. The van der Waals surface area contributed by atoms with Gasteiger partial charge in [0.15, 0.2) is 0 Å². The Kier molecular flexibility index (Phi) is 7.64. The van der Waals surface area contributed by atoms with Gasteiger partial charge in [-0.15, -0.1) is 0 Å². The van der Waals surface area contributed by atoms with E-state index >= 15 is 0 Å². The number of carboxylic acid groups (broad SMARTS) is 1. The van der Waals surface area contributed by atoms with Crippen LogP contribution in [0.5, 0.6) is 0 Å². The van der Waals surface area contributed by atoms with Crippen molar-refractivity contribution >= 4 is 11.9 Å². The molecule has 0 fully saturated rings. The van der Waals surface area contributed by atoms with Crippen molar-refractivity contribution < 1.29 is 24.2 Å². The summed E-state index contributed by atoms with van der Waals surface area (Å²) in [6.07, 6.45) is -0.860. The zero-order valence-electron chi connectivity index (χ0n) is 13.3. The molecule has 0 bridgehead atoms. The van der Waals surface area contributed by atoms with E-state index in [0.29, 0.717) is 12.1 Å². The molecule has 6 nitrogen and oxygen atoms in total. The average Bonchev–Trinajstić information content (AvgIpc) is 2.45. The molecule has 0 radical (unpaired) electrons. The molecule has 0 aliphatic carbocycles. The van der Waals surface area contributed by atoms with Crippen LogP contribution in [-0.4, -0.2) is 53.2 Å². The monoisotopic (exact) mass is 326 g/mol. The largest absolute Gasteiger partial charge is 0.480 e. The van der Waals surface area contributed by atoms with E-state index in [1.807, 2.05) is 13.8 Å². The van der Waals surface area contributed by atoms with Gasteiger partial charge in [0.1, 0.15) is 12.4 Å². The van der Waals surface area contributed by atoms with Gasteiger partial charge in [-0.3, -0.25) is 14.5 Å². The number of rotatable bonds is 9. The Balaban J connectivity index is 2.64.